The standard InChI is InChI=1S/C16H16F4N2O2/c17-11-6-5-10(16(18,19)20)8-12(11)21-14(23)13-2-1-7-22(13)15(24)9-3-4-9/h5-6,8-9,13H,1-4,7H2,(H,21,23). The van der Waals surface area contributed by atoms with E-state index in [2.05, 4.69) is 5.32 Å². The van der Waals surface area contributed by atoms with Gasteiger partial charge < -0.3 is 10.2 Å². The number of carbonyl (C=O) groups is 2. The normalized spacial score (nSPS) is 21.0. The maximum Gasteiger partial charge on any atom is 0.416 e. The minimum absolute atomic E-state index is 0.0521. The molecule has 1 aromatic rings. The largest absolute Gasteiger partial charge is 0.416 e. The molecule has 0 spiro atoms. The van der Waals surface area contributed by atoms with Gasteiger partial charge in [-0.25, -0.2) is 4.39 Å². The quantitative estimate of drug-likeness (QED) is 0.856. The van der Waals surface area contributed by atoms with Crippen LogP contribution in [0.4, 0.5) is 23.2 Å². The van der Waals surface area contributed by atoms with Gasteiger partial charge in [0.05, 0.1) is 11.3 Å². The molecule has 1 heterocycles. The molecule has 1 saturated heterocycles. The highest BCUT2D eigenvalue weighted by molar-refractivity contribution is 5.98. The lowest BCUT2D eigenvalue weighted by atomic mass is 10.1. The molecule has 2 aliphatic rings. The van der Waals surface area contributed by atoms with Crippen LogP contribution in [0.1, 0.15) is 31.2 Å². The number of hydrogen-bond acceptors (Lipinski definition) is 2. The third-order valence-corrected chi connectivity index (χ3v) is 4.32. The SMILES string of the molecule is O=C(Nc1cc(C(F)(F)F)ccc1F)C1CCCN1C(=O)C1CC1. The first kappa shape index (κ1) is 16.7. The topological polar surface area (TPSA) is 49.4 Å². The molecule has 3 rings (SSSR count). The molecule has 1 aliphatic heterocycles. The molecule has 1 aliphatic carbocycles. The Morgan fingerprint density at radius 2 is 1.88 bits per heavy atom. The molecule has 0 bridgehead atoms. The van der Waals surface area contributed by atoms with E-state index in [9.17, 15) is 27.2 Å². The Morgan fingerprint density at radius 1 is 1.17 bits per heavy atom. The second-order valence-corrected chi connectivity index (χ2v) is 6.15. The van der Waals surface area contributed by atoms with E-state index in [1.54, 1.807) is 0 Å². The van der Waals surface area contributed by atoms with Crippen molar-refractivity contribution >= 4 is 17.5 Å². The Morgan fingerprint density at radius 3 is 2.50 bits per heavy atom. The molecule has 8 heteroatoms. The number of halogens is 4. The molecule has 1 aromatic carbocycles. The van der Waals surface area contributed by atoms with Crippen molar-refractivity contribution in [2.45, 2.75) is 37.9 Å². The monoisotopic (exact) mass is 344 g/mol. The lowest BCUT2D eigenvalue weighted by Gasteiger charge is -2.24. The highest BCUT2D eigenvalue weighted by atomic mass is 19.4. The number of carbonyl (C=O) groups excluding carboxylic acids is 2. The molecule has 0 radical (unpaired) electrons. The van der Waals surface area contributed by atoms with Gasteiger partial charge in [0.15, 0.2) is 0 Å². The molecule has 2 fully saturated rings. The zero-order valence-electron chi connectivity index (χ0n) is 12.7. The molecule has 1 atom stereocenters. The van der Waals surface area contributed by atoms with Gasteiger partial charge >= 0.3 is 6.18 Å². The number of rotatable bonds is 3. The molecule has 1 N–H and O–H groups in total. The van der Waals surface area contributed by atoms with Gasteiger partial charge in [0.2, 0.25) is 11.8 Å². The Labute approximate surface area is 135 Å². The Kier molecular flexibility index (Phi) is 4.23. The van der Waals surface area contributed by atoms with Gasteiger partial charge in [-0.3, -0.25) is 9.59 Å². The molecular weight excluding hydrogens is 328 g/mol. The van der Waals surface area contributed by atoms with Crippen molar-refractivity contribution in [2.75, 3.05) is 11.9 Å². The summed E-state index contributed by atoms with van der Waals surface area (Å²) in [7, 11) is 0. The first-order valence-electron chi connectivity index (χ1n) is 7.75. The molecule has 0 aromatic heterocycles. The van der Waals surface area contributed by atoms with Crippen LogP contribution in [-0.2, 0) is 15.8 Å². The second kappa shape index (κ2) is 6.07. The van der Waals surface area contributed by atoms with E-state index in [0.717, 1.165) is 12.8 Å². The van der Waals surface area contributed by atoms with Gasteiger partial charge in [0.25, 0.3) is 0 Å². The minimum Gasteiger partial charge on any atom is -0.330 e. The van der Waals surface area contributed by atoms with Crippen molar-refractivity contribution in [3.8, 4) is 0 Å². The number of hydrogen-bond donors (Lipinski definition) is 1. The first-order chi connectivity index (χ1) is 11.3. The fourth-order valence-corrected chi connectivity index (χ4v) is 2.88. The summed E-state index contributed by atoms with van der Waals surface area (Å²) in [6.45, 7) is 0.443. The molecule has 4 nitrogen and oxygen atoms in total. The number of amides is 2. The predicted molar refractivity (Wildman–Crippen MR) is 77.5 cm³/mol. The van der Waals surface area contributed by atoms with Crippen molar-refractivity contribution in [3.05, 3.63) is 29.6 Å². The average molecular weight is 344 g/mol. The van der Waals surface area contributed by atoms with Crippen molar-refractivity contribution in [1.82, 2.24) is 4.90 Å². The smallest absolute Gasteiger partial charge is 0.330 e. The van der Waals surface area contributed by atoms with Crippen LogP contribution in [-0.4, -0.2) is 29.3 Å². The number of nitrogens with zero attached hydrogens (tertiary/aromatic N) is 1. The van der Waals surface area contributed by atoms with Gasteiger partial charge in [0.1, 0.15) is 11.9 Å². The third kappa shape index (κ3) is 3.37. The average Bonchev–Trinajstić information content (AvgIpc) is 3.24. The van der Waals surface area contributed by atoms with Crippen LogP contribution in [0.5, 0.6) is 0 Å². The van der Waals surface area contributed by atoms with Crippen LogP contribution in [0.15, 0.2) is 18.2 Å². The van der Waals surface area contributed by atoms with Gasteiger partial charge in [-0.1, -0.05) is 0 Å². The summed E-state index contributed by atoms with van der Waals surface area (Å²) in [4.78, 5) is 25.9. The number of benzene rings is 1. The van der Waals surface area contributed by atoms with E-state index in [4.69, 9.17) is 0 Å². The van der Waals surface area contributed by atoms with Crippen LogP contribution in [0.25, 0.3) is 0 Å². The summed E-state index contributed by atoms with van der Waals surface area (Å²) in [6, 6.07) is 1.09. The van der Waals surface area contributed by atoms with Crippen LogP contribution in [0.2, 0.25) is 0 Å². The van der Waals surface area contributed by atoms with E-state index in [-0.39, 0.29) is 11.8 Å². The lowest BCUT2D eigenvalue weighted by molar-refractivity contribution is -0.137. The summed E-state index contributed by atoms with van der Waals surface area (Å²) in [5, 5.41) is 2.20. The van der Waals surface area contributed by atoms with E-state index in [1.807, 2.05) is 0 Å². The van der Waals surface area contributed by atoms with Crippen LogP contribution in [0, 0.1) is 11.7 Å². The maximum absolute atomic E-state index is 13.7. The first-order valence-corrected chi connectivity index (χ1v) is 7.75. The van der Waals surface area contributed by atoms with E-state index < -0.39 is 35.2 Å². The van der Waals surface area contributed by atoms with Gasteiger partial charge in [-0.2, -0.15) is 13.2 Å². The van der Waals surface area contributed by atoms with Gasteiger partial charge in [0, 0.05) is 12.5 Å². The molecule has 24 heavy (non-hydrogen) atoms. The van der Waals surface area contributed by atoms with Crippen molar-refractivity contribution in [3.63, 3.8) is 0 Å². The molecule has 2 amide bonds. The Bertz CT molecular complexity index is 671. The van der Waals surface area contributed by atoms with E-state index in [1.165, 1.54) is 4.90 Å². The zero-order chi connectivity index (χ0) is 17.5. The number of anilines is 1. The van der Waals surface area contributed by atoms with Gasteiger partial charge in [-0.05, 0) is 43.9 Å². The minimum atomic E-state index is -4.63. The fourth-order valence-electron chi connectivity index (χ4n) is 2.88. The number of nitrogens with one attached hydrogen (secondary N) is 1. The van der Waals surface area contributed by atoms with Gasteiger partial charge in [-0.15, -0.1) is 0 Å². The fraction of sp³-hybridized carbons (Fsp3) is 0.500. The van der Waals surface area contributed by atoms with Crippen LogP contribution < -0.4 is 5.32 Å². The van der Waals surface area contributed by atoms with Crippen LogP contribution >= 0.6 is 0 Å². The Hall–Kier alpha value is -2.12. The summed E-state index contributed by atoms with van der Waals surface area (Å²) >= 11 is 0. The lowest BCUT2D eigenvalue weighted by Crippen LogP contribution is -2.44. The summed E-state index contributed by atoms with van der Waals surface area (Å²) < 4.78 is 51.9. The molecular formula is C16H16F4N2O2. The molecule has 1 unspecified atom stereocenters. The Balaban J connectivity index is 1.75. The molecule has 130 valence electrons. The second-order valence-electron chi connectivity index (χ2n) is 6.15. The maximum atomic E-state index is 13.7. The number of alkyl halides is 3. The van der Waals surface area contributed by atoms with E-state index >= 15 is 0 Å². The summed E-state index contributed by atoms with van der Waals surface area (Å²) in [5.41, 5.74) is -1.57. The van der Waals surface area contributed by atoms with Crippen LogP contribution in [0.3, 0.4) is 0 Å². The predicted octanol–water partition coefficient (Wildman–Crippen LogP) is 3.18. The summed E-state index contributed by atoms with van der Waals surface area (Å²) in [6.07, 6.45) is -1.97. The van der Waals surface area contributed by atoms with Crippen molar-refractivity contribution in [1.29, 1.82) is 0 Å². The number of likely N-dealkylation sites (tertiary alicyclic amines) is 1. The van der Waals surface area contributed by atoms with Crippen molar-refractivity contribution in [2.24, 2.45) is 5.92 Å². The highest BCUT2D eigenvalue weighted by Crippen LogP contribution is 2.35. The third-order valence-electron chi connectivity index (χ3n) is 4.32. The van der Waals surface area contributed by atoms with Crippen molar-refractivity contribution < 1.29 is 27.2 Å². The van der Waals surface area contributed by atoms with E-state index in [0.29, 0.717) is 37.6 Å². The zero-order valence-corrected chi connectivity index (χ0v) is 12.7. The highest BCUT2D eigenvalue weighted by Gasteiger charge is 2.41. The summed E-state index contributed by atoms with van der Waals surface area (Å²) in [5.74, 6) is -1.75. The molecule has 1 saturated carbocycles.